The van der Waals surface area contributed by atoms with E-state index in [1.54, 1.807) is 7.11 Å². The smallest absolute Gasteiger partial charge is 0.188 e. The lowest BCUT2D eigenvalue weighted by atomic mass is 10.2. The van der Waals surface area contributed by atoms with E-state index in [4.69, 9.17) is 10.5 Å². The van der Waals surface area contributed by atoms with Crippen LogP contribution >= 0.6 is 35.7 Å². The number of guanidine groups is 1. The average Bonchev–Trinajstić information content (AvgIpc) is 2.67. The van der Waals surface area contributed by atoms with Crippen molar-refractivity contribution in [2.24, 2.45) is 10.7 Å². The number of ether oxygens (including phenoxy) is 1. The van der Waals surface area contributed by atoms with Gasteiger partial charge in [0.1, 0.15) is 0 Å². The predicted octanol–water partition coefficient (Wildman–Crippen LogP) is 1.44. The second-order valence-corrected chi connectivity index (χ2v) is 5.27. The molecule has 0 bridgehead atoms. The van der Waals surface area contributed by atoms with Gasteiger partial charge < -0.3 is 15.8 Å². The van der Waals surface area contributed by atoms with Crippen LogP contribution in [0.2, 0.25) is 0 Å². The van der Waals surface area contributed by atoms with E-state index in [-0.39, 0.29) is 30.0 Å². The minimum absolute atomic E-state index is 0. The molecule has 1 rings (SSSR count). The van der Waals surface area contributed by atoms with Crippen LogP contribution in [0.25, 0.3) is 0 Å². The third-order valence-electron chi connectivity index (χ3n) is 2.30. The van der Waals surface area contributed by atoms with Crippen molar-refractivity contribution >= 4 is 41.7 Å². The number of nitrogens with two attached hydrogens (primary N) is 1. The molecule has 2 atom stereocenters. The molecule has 4 nitrogen and oxygen atoms in total. The number of nitrogens with zero attached hydrogens (tertiary/aromatic N) is 1. The molecular weight excluding hydrogens is 337 g/mol. The summed E-state index contributed by atoms with van der Waals surface area (Å²) in [6.07, 6.45) is 2.59. The minimum atomic E-state index is 0. The number of nitrogens with one attached hydrogen (secondary N) is 1. The van der Waals surface area contributed by atoms with E-state index in [9.17, 15) is 0 Å². The summed E-state index contributed by atoms with van der Waals surface area (Å²) < 4.78 is 5.01. The van der Waals surface area contributed by atoms with Crippen LogP contribution < -0.4 is 11.1 Å². The SMILES string of the molecule is COCC(C)NC(N)=NCC1CCCS1.I. The fraction of sp³-hybridized carbons (Fsp3) is 0.900. The predicted molar refractivity (Wildman–Crippen MR) is 81.9 cm³/mol. The number of aliphatic imine (C=N–C) groups is 1. The van der Waals surface area contributed by atoms with Gasteiger partial charge in [-0.05, 0) is 25.5 Å². The van der Waals surface area contributed by atoms with E-state index in [1.807, 2.05) is 18.7 Å². The lowest BCUT2D eigenvalue weighted by molar-refractivity contribution is 0.179. The Bertz CT molecular complexity index is 210. The standard InChI is InChI=1S/C10H21N3OS.HI/c1-8(7-14-2)13-10(11)12-6-9-4-3-5-15-9;/h8-9H,3-7H2,1-2H3,(H3,11,12,13);1H. The zero-order valence-electron chi connectivity index (χ0n) is 9.94. The summed E-state index contributed by atoms with van der Waals surface area (Å²) in [7, 11) is 1.68. The number of halogens is 1. The van der Waals surface area contributed by atoms with Gasteiger partial charge in [-0.25, -0.2) is 0 Å². The van der Waals surface area contributed by atoms with Gasteiger partial charge in [-0.2, -0.15) is 11.8 Å². The summed E-state index contributed by atoms with van der Waals surface area (Å²) in [5.74, 6) is 1.81. The molecule has 6 heteroatoms. The van der Waals surface area contributed by atoms with E-state index in [0.717, 1.165) is 6.54 Å². The number of hydrogen-bond acceptors (Lipinski definition) is 3. The van der Waals surface area contributed by atoms with Crippen LogP contribution in [0.3, 0.4) is 0 Å². The quantitative estimate of drug-likeness (QED) is 0.443. The highest BCUT2D eigenvalue weighted by Crippen LogP contribution is 2.25. The molecule has 1 aliphatic rings. The van der Waals surface area contributed by atoms with E-state index >= 15 is 0 Å². The van der Waals surface area contributed by atoms with Gasteiger partial charge in [0, 0.05) is 18.4 Å². The fourth-order valence-corrected chi connectivity index (χ4v) is 2.76. The highest BCUT2D eigenvalue weighted by molar-refractivity contribution is 14.0. The molecule has 1 aliphatic heterocycles. The highest BCUT2D eigenvalue weighted by Gasteiger charge is 2.14. The summed E-state index contributed by atoms with van der Waals surface area (Å²) in [5, 5.41) is 3.77. The monoisotopic (exact) mass is 359 g/mol. The van der Waals surface area contributed by atoms with Gasteiger partial charge >= 0.3 is 0 Å². The van der Waals surface area contributed by atoms with E-state index in [1.165, 1.54) is 18.6 Å². The first-order valence-electron chi connectivity index (χ1n) is 5.39. The van der Waals surface area contributed by atoms with E-state index in [0.29, 0.717) is 17.8 Å². The lowest BCUT2D eigenvalue weighted by Crippen LogP contribution is -2.41. The van der Waals surface area contributed by atoms with Crippen molar-refractivity contribution in [3.63, 3.8) is 0 Å². The Morgan fingerprint density at radius 2 is 2.44 bits per heavy atom. The Kier molecular flexibility index (Phi) is 9.53. The number of hydrogen-bond donors (Lipinski definition) is 2. The third kappa shape index (κ3) is 6.80. The molecule has 0 amide bonds. The zero-order valence-corrected chi connectivity index (χ0v) is 13.1. The maximum Gasteiger partial charge on any atom is 0.188 e. The topological polar surface area (TPSA) is 59.6 Å². The summed E-state index contributed by atoms with van der Waals surface area (Å²) in [4.78, 5) is 4.34. The van der Waals surface area contributed by atoms with Crippen LogP contribution in [0.4, 0.5) is 0 Å². The van der Waals surface area contributed by atoms with Crippen LogP contribution in [0.1, 0.15) is 19.8 Å². The first kappa shape index (κ1) is 16.3. The Labute approximate surface area is 119 Å². The molecule has 0 saturated carbocycles. The van der Waals surface area contributed by atoms with Crippen molar-refractivity contribution in [3.05, 3.63) is 0 Å². The van der Waals surface area contributed by atoms with Crippen molar-refractivity contribution < 1.29 is 4.74 Å². The molecule has 0 aromatic carbocycles. The average molecular weight is 359 g/mol. The van der Waals surface area contributed by atoms with Crippen LogP contribution in [0.15, 0.2) is 4.99 Å². The first-order chi connectivity index (χ1) is 7.22. The summed E-state index contributed by atoms with van der Waals surface area (Å²) in [6.45, 7) is 3.51. The molecule has 0 aromatic heterocycles. The van der Waals surface area contributed by atoms with Crippen molar-refractivity contribution in [3.8, 4) is 0 Å². The number of thioether (sulfide) groups is 1. The molecule has 0 aliphatic carbocycles. The van der Waals surface area contributed by atoms with Crippen LogP contribution in [0.5, 0.6) is 0 Å². The molecule has 2 unspecified atom stereocenters. The fourth-order valence-electron chi connectivity index (χ4n) is 1.58. The maximum absolute atomic E-state index is 5.76. The zero-order chi connectivity index (χ0) is 11.1. The molecule has 1 fully saturated rings. The van der Waals surface area contributed by atoms with Crippen LogP contribution in [0, 0.1) is 0 Å². The third-order valence-corrected chi connectivity index (χ3v) is 3.68. The second-order valence-electron chi connectivity index (χ2n) is 3.86. The van der Waals surface area contributed by atoms with Gasteiger partial charge in [0.25, 0.3) is 0 Å². The largest absolute Gasteiger partial charge is 0.383 e. The molecule has 16 heavy (non-hydrogen) atoms. The summed E-state index contributed by atoms with van der Waals surface area (Å²) in [6, 6.07) is 0.218. The molecule has 0 aromatic rings. The maximum atomic E-state index is 5.76. The molecule has 96 valence electrons. The molecule has 3 N–H and O–H groups in total. The number of rotatable bonds is 5. The van der Waals surface area contributed by atoms with Crippen LogP contribution in [-0.2, 0) is 4.74 Å². The van der Waals surface area contributed by atoms with Crippen molar-refractivity contribution in [2.45, 2.75) is 31.1 Å². The number of methoxy groups -OCH3 is 1. The normalized spacial score (nSPS) is 22.6. The molecule has 1 saturated heterocycles. The van der Waals surface area contributed by atoms with Gasteiger partial charge in [-0.1, -0.05) is 0 Å². The summed E-state index contributed by atoms with van der Waals surface area (Å²) in [5.41, 5.74) is 5.76. The van der Waals surface area contributed by atoms with Crippen molar-refractivity contribution in [1.82, 2.24) is 5.32 Å². The Balaban J connectivity index is 0.00000225. The second kappa shape index (κ2) is 9.35. The molecule has 0 radical (unpaired) electrons. The molecule has 1 heterocycles. The molecular formula is C10H22IN3OS. The van der Waals surface area contributed by atoms with Gasteiger partial charge in [0.15, 0.2) is 5.96 Å². The van der Waals surface area contributed by atoms with Gasteiger partial charge in [0.05, 0.1) is 13.2 Å². The van der Waals surface area contributed by atoms with Crippen LogP contribution in [-0.4, -0.2) is 43.3 Å². The summed E-state index contributed by atoms with van der Waals surface area (Å²) >= 11 is 2.00. The Hall–Kier alpha value is 0.310. The van der Waals surface area contributed by atoms with Crippen molar-refractivity contribution in [2.75, 3.05) is 26.0 Å². The van der Waals surface area contributed by atoms with E-state index in [2.05, 4.69) is 10.3 Å². The van der Waals surface area contributed by atoms with E-state index < -0.39 is 0 Å². The van der Waals surface area contributed by atoms with Gasteiger partial charge in [0.2, 0.25) is 0 Å². The Morgan fingerprint density at radius 1 is 1.69 bits per heavy atom. The molecule has 0 spiro atoms. The highest BCUT2D eigenvalue weighted by atomic mass is 127. The lowest BCUT2D eigenvalue weighted by Gasteiger charge is -2.13. The first-order valence-corrected chi connectivity index (χ1v) is 6.44. The van der Waals surface area contributed by atoms with Gasteiger partial charge in [-0.3, -0.25) is 4.99 Å². The minimum Gasteiger partial charge on any atom is -0.383 e. The Morgan fingerprint density at radius 3 is 3.00 bits per heavy atom. The van der Waals surface area contributed by atoms with Gasteiger partial charge in [-0.15, -0.1) is 24.0 Å². The van der Waals surface area contributed by atoms with Crippen molar-refractivity contribution in [1.29, 1.82) is 0 Å².